The van der Waals surface area contributed by atoms with Gasteiger partial charge in [0.1, 0.15) is 0 Å². The van der Waals surface area contributed by atoms with Gasteiger partial charge in [-0.05, 0) is 63.5 Å². The van der Waals surface area contributed by atoms with Gasteiger partial charge in [-0.15, -0.1) is 0 Å². The first-order valence-corrected chi connectivity index (χ1v) is 8.83. The number of likely N-dealkylation sites (tertiary alicyclic amines) is 1. The summed E-state index contributed by atoms with van der Waals surface area (Å²) in [5, 5.41) is 3.36. The maximum absolute atomic E-state index is 12.1. The van der Waals surface area contributed by atoms with Crippen LogP contribution < -0.4 is 5.32 Å². The van der Waals surface area contributed by atoms with E-state index in [0.717, 1.165) is 6.42 Å². The number of amides is 1. The molecular formula is C17H30N2O. The molecule has 2 aliphatic carbocycles. The van der Waals surface area contributed by atoms with Crippen molar-refractivity contribution in [1.82, 2.24) is 10.2 Å². The van der Waals surface area contributed by atoms with Gasteiger partial charge in [-0.1, -0.05) is 19.3 Å². The van der Waals surface area contributed by atoms with Crippen LogP contribution in [0.25, 0.3) is 0 Å². The van der Waals surface area contributed by atoms with Crippen molar-refractivity contribution in [3.8, 4) is 0 Å². The second kappa shape index (κ2) is 6.93. The Kier molecular flexibility index (Phi) is 4.98. The number of nitrogens with zero attached hydrogens (tertiary/aromatic N) is 1. The minimum atomic E-state index is 0.322. The van der Waals surface area contributed by atoms with Gasteiger partial charge in [0.15, 0.2) is 0 Å². The van der Waals surface area contributed by atoms with Crippen molar-refractivity contribution >= 4 is 5.91 Å². The van der Waals surface area contributed by atoms with E-state index in [0.29, 0.717) is 23.8 Å². The van der Waals surface area contributed by atoms with Crippen LogP contribution in [-0.4, -0.2) is 36.5 Å². The smallest absolute Gasteiger partial charge is 0.220 e. The molecule has 0 aromatic rings. The van der Waals surface area contributed by atoms with E-state index < -0.39 is 0 Å². The lowest BCUT2D eigenvalue weighted by atomic mass is 9.83. The fourth-order valence-corrected chi connectivity index (χ4v) is 3.94. The summed E-state index contributed by atoms with van der Waals surface area (Å²) in [6, 6.07) is 0.455. The third kappa shape index (κ3) is 4.21. The van der Waals surface area contributed by atoms with E-state index >= 15 is 0 Å². The SMILES string of the molecule is O=C(CC1CC1)N[C@@H]1CCCC[C@H]1CN1CCCCC1. The molecule has 1 saturated heterocycles. The molecule has 3 fully saturated rings. The number of hydrogen-bond acceptors (Lipinski definition) is 2. The standard InChI is InChI=1S/C17H30N2O/c20-17(12-14-8-9-14)18-16-7-3-2-6-15(16)13-19-10-4-1-5-11-19/h14-16H,1-13H2,(H,18,20)/t15-,16+/m0/s1. The number of rotatable bonds is 5. The first-order valence-electron chi connectivity index (χ1n) is 8.83. The maximum Gasteiger partial charge on any atom is 0.220 e. The molecule has 20 heavy (non-hydrogen) atoms. The summed E-state index contributed by atoms with van der Waals surface area (Å²) in [4.78, 5) is 14.7. The number of piperidine rings is 1. The third-order valence-electron chi connectivity index (χ3n) is 5.37. The molecule has 1 N–H and O–H groups in total. The predicted octanol–water partition coefficient (Wildman–Crippen LogP) is 2.95. The van der Waals surface area contributed by atoms with Crippen LogP contribution in [0.5, 0.6) is 0 Å². The Labute approximate surface area is 123 Å². The highest BCUT2D eigenvalue weighted by Crippen LogP contribution is 2.33. The lowest BCUT2D eigenvalue weighted by molar-refractivity contribution is -0.122. The molecule has 1 heterocycles. The summed E-state index contributed by atoms with van der Waals surface area (Å²) in [5.41, 5.74) is 0. The third-order valence-corrected chi connectivity index (χ3v) is 5.37. The zero-order chi connectivity index (χ0) is 13.8. The maximum atomic E-state index is 12.1. The summed E-state index contributed by atoms with van der Waals surface area (Å²) in [7, 11) is 0. The van der Waals surface area contributed by atoms with Gasteiger partial charge < -0.3 is 10.2 Å². The molecular weight excluding hydrogens is 248 g/mol. The van der Waals surface area contributed by atoms with Gasteiger partial charge in [0, 0.05) is 19.0 Å². The molecule has 0 spiro atoms. The number of carbonyl (C=O) groups excluding carboxylic acids is 1. The zero-order valence-electron chi connectivity index (χ0n) is 12.8. The number of hydrogen-bond donors (Lipinski definition) is 1. The van der Waals surface area contributed by atoms with Gasteiger partial charge in [0.05, 0.1) is 0 Å². The van der Waals surface area contributed by atoms with Gasteiger partial charge >= 0.3 is 0 Å². The molecule has 3 aliphatic rings. The van der Waals surface area contributed by atoms with Crippen LogP contribution in [0.1, 0.15) is 64.2 Å². The minimum Gasteiger partial charge on any atom is -0.353 e. The highest BCUT2D eigenvalue weighted by molar-refractivity contribution is 5.76. The molecule has 0 aromatic carbocycles. The first kappa shape index (κ1) is 14.4. The van der Waals surface area contributed by atoms with Crippen LogP contribution in [0.4, 0.5) is 0 Å². The molecule has 0 aromatic heterocycles. The van der Waals surface area contributed by atoms with Crippen LogP contribution in [-0.2, 0) is 4.79 Å². The molecule has 2 saturated carbocycles. The molecule has 0 radical (unpaired) electrons. The second-order valence-electron chi connectivity index (χ2n) is 7.23. The van der Waals surface area contributed by atoms with Gasteiger partial charge in [-0.25, -0.2) is 0 Å². The summed E-state index contributed by atoms with van der Waals surface area (Å²) in [5.74, 6) is 1.73. The highest BCUT2D eigenvalue weighted by atomic mass is 16.1. The van der Waals surface area contributed by atoms with Crippen molar-refractivity contribution < 1.29 is 4.79 Å². The monoisotopic (exact) mass is 278 g/mol. The first-order chi connectivity index (χ1) is 9.81. The summed E-state index contributed by atoms with van der Waals surface area (Å²) >= 11 is 0. The van der Waals surface area contributed by atoms with E-state index in [1.807, 2.05) is 0 Å². The van der Waals surface area contributed by atoms with E-state index in [1.165, 1.54) is 77.4 Å². The quantitative estimate of drug-likeness (QED) is 0.838. The Bertz CT molecular complexity index is 321. The van der Waals surface area contributed by atoms with Gasteiger partial charge in [0.25, 0.3) is 0 Å². The van der Waals surface area contributed by atoms with Gasteiger partial charge in [0.2, 0.25) is 5.91 Å². The lowest BCUT2D eigenvalue weighted by Gasteiger charge is -2.37. The van der Waals surface area contributed by atoms with Crippen LogP contribution in [0.15, 0.2) is 0 Å². The van der Waals surface area contributed by atoms with Crippen molar-refractivity contribution in [2.24, 2.45) is 11.8 Å². The van der Waals surface area contributed by atoms with Crippen LogP contribution in [0.3, 0.4) is 0 Å². The lowest BCUT2D eigenvalue weighted by Crippen LogP contribution is -2.47. The average Bonchev–Trinajstić information content (AvgIpc) is 3.26. The topological polar surface area (TPSA) is 32.3 Å². The Morgan fingerprint density at radius 1 is 0.950 bits per heavy atom. The molecule has 1 aliphatic heterocycles. The van der Waals surface area contributed by atoms with E-state index in [4.69, 9.17) is 0 Å². The zero-order valence-corrected chi connectivity index (χ0v) is 12.8. The largest absolute Gasteiger partial charge is 0.353 e. The van der Waals surface area contributed by atoms with E-state index in [-0.39, 0.29) is 0 Å². The Morgan fingerprint density at radius 2 is 1.70 bits per heavy atom. The summed E-state index contributed by atoms with van der Waals surface area (Å²) in [6.07, 6.45) is 12.6. The molecule has 3 rings (SSSR count). The van der Waals surface area contributed by atoms with Crippen LogP contribution in [0, 0.1) is 11.8 Å². The Morgan fingerprint density at radius 3 is 2.45 bits per heavy atom. The summed E-state index contributed by atoms with van der Waals surface area (Å²) < 4.78 is 0. The van der Waals surface area contributed by atoms with Gasteiger partial charge in [-0.2, -0.15) is 0 Å². The van der Waals surface area contributed by atoms with Crippen molar-refractivity contribution in [3.05, 3.63) is 0 Å². The van der Waals surface area contributed by atoms with Crippen LogP contribution >= 0.6 is 0 Å². The number of nitrogens with one attached hydrogen (secondary N) is 1. The fraction of sp³-hybridized carbons (Fsp3) is 0.941. The van der Waals surface area contributed by atoms with Crippen molar-refractivity contribution in [2.75, 3.05) is 19.6 Å². The minimum absolute atomic E-state index is 0.322. The summed E-state index contributed by atoms with van der Waals surface area (Å²) in [6.45, 7) is 3.77. The number of carbonyl (C=O) groups is 1. The van der Waals surface area contributed by atoms with E-state index in [9.17, 15) is 4.79 Å². The predicted molar refractivity (Wildman–Crippen MR) is 81.5 cm³/mol. The normalized spacial score (nSPS) is 32.0. The molecule has 3 nitrogen and oxygen atoms in total. The highest BCUT2D eigenvalue weighted by Gasteiger charge is 2.30. The van der Waals surface area contributed by atoms with E-state index in [2.05, 4.69) is 10.2 Å². The van der Waals surface area contributed by atoms with Crippen molar-refractivity contribution in [3.63, 3.8) is 0 Å². The fourth-order valence-electron chi connectivity index (χ4n) is 3.94. The molecule has 114 valence electrons. The average molecular weight is 278 g/mol. The second-order valence-corrected chi connectivity index (χ2v) is 7.23. The molecule has 0 unspecified atom stereocenters. The molecule has 3 heteroatoms. The van der Waals surface area contributed by atoms with Crippen molar-refractivity contribution in [2.45, 2.75) is 70.3 Å². The Balaban J connectivity index is 1.48. The molecule has 0 bridgehead atoms. The van der Waals surface area contributed by atoms with Gasteiger partial charge in [-0.3, -0.25) is 4.79 Å². The van der Waals surface area contributed by atoms with E-state index in [1.54, 1.807) is 0 Å². The van der Waals surface area contributed by atoms with Crippen molar-refractivity contribution in [1.29, 1.82) is 0 Å². The van der Waals surface area contributed by atoms with Crippen LogP contribution in [0.2, 0.25) is 0 Å². The Hall–Kier alpha value is -0.570. The molecule has 1 amide bonds. The molecule has 2 atom stereocenters.